The second-order valence-electron chi connectivity index (χ2n) is 4.19. The van der Waals surface area contributed by atoms with E-state index < -0.39 is 45.3 Å². The molecule has 16 heavy (non-hydrogen) atoms. The summed E-state index contributed by atoms with van der Waals surface area (Å²) in [5.41, 5.74) is 0. The van der Waals surface area contributed by atoms with Crippen LogP contribution in [0.15, 0.2) is 0 Å². The van der Waals surface area contributed by atoms with Crippen molar-refractivity contribution in [2.45, 2.75) is 35.6 Å². The first kappa shape index (κ1) is 10.5. The summed E-state index contributed by atoms with van der Waals surface area (Å²) in [7, 11) is -2.98. The van der Waals surface area contributed by atoms with Gasteiger partial charge < -0.3 is 14.6 Å². The van der Waals surface area contributed by atoms with E-state index in [4.69, 9.17) is 8.92 Å². The van der Waals surface area contributed by atoms with Gasteiger partial charge in [-0.05, 0) is 0 Å². The third-order valence-corrected chi connectivity index (χ3v) is 5.45. The van der Waals surface area contributed by atoms with E-state index in [1.807, 2.05) is 0 Å². The number of esters is 1. The number of ether oxygens (including phenoxy) is 2. The van der Waals surface area contributed by atoms with E-state index in [2.05, 4.69) is 4.74 Å². The molecule has 0 spiro atoms. The third kappa shape index (κ3) is 0.863. The maximum absolute atomic E-state index is 11.8. The largest absolute Gasteiger partial charge is 0.468 e. The van der Waals surface area contributed by atoms with E-state index in [9.17, 15) is 18.3 Å². The Hall–Kier alpha value is -0.700. The zero-order valence-electron chi connectivity index (χ0n) is 8.32. The van der Waals surface area contributed by atoms with Crippen LogP contribution < -0.4 is 0 Å². The molecule has 3 rings (SSSR count). The maximum atomic E-state index is 11.8. The van der Waals surface area contributed by atoms with E-state index in [0.717, 1.165) is 7.11 Å². The first-order valence-electron chi connectivity index (χ1n) is 4.79. The van der Waals surface area contributed by atoms with Gasteiger partial charge in [0.2, 0.25) is 4.75 Å². The summed E-state index contributed by atoms with van der Waals surface area (Å²) >= 11 is 0. The molecule has 3 heterocycles. The van der Waals surface area contributed by atoms with Crippen LogP contribution in [0.2, 0.25) is 0 Å². The molecule has 7 nitrogen and oxygen atoms in total. The van der Waals surface area contributed by atoms with Crippen LogP contribution in [0.25, 0.3) is 0 Å². The molecule has 0 radical (unpaired) electrons. The van der Waals surface area contributed by atoms with Gasteiger partial charge >= 0.3 is 5.97 Å². The highest BCUT2D eigenvalue weighted by atomic mass is 32.2. The Labute approximate surface area is 91.4 Å². The molecule has 0 amide bonds. The minimum Gasteiger partial charge on any atom is -0.468 e. The van der Waals surface area contributed by atoms with Crippen molar-refractivity contribution in [3.63, 3.8) is 0 Å². The predicted octanol–water partition coefficient (Wildman–Crippen LogP) is -1.84. The summed E-state index contributed by atoms with van der Waals surface area (Å²) in [6, 6.07) is 0. The summed E-state index contributed by atoms with van der Waals surface area (Å²) in [5, 5.41) is 9.64. The van der Waals surface area contributed by atoms with Gasteiger partial charge in [-0.15, -0.1) is 0 Å². The molecule has 3 aliphatic rings. The molecule has 3 aliphatic heterocycles. The monoisotopic (exact) mass is 250 g/mol. The van der Waals surface area contributed by atoms with Crippen LogP contribution in [-0.4, -0.2) is 55.8 Å². The number of rotatable bonds is 1. The molecule has 0 aromatic heterocycles. The van der Waals surface area contributed by atoms with Crippen molar-refractivity contribution in [2.75, 3.05) is 7.11 Å². The predicted molar refractivity (Wildman–Crippen MR) is 47.8 cm³/mol. The molecule has 5 unspecified atom stereocenters. The smallest absolute Gasteiger partial charge is 0.332 e. The first-order chi connectivity index (χ1) is 7.44. The van der Waals surface area contributed by atoms with Crippen molar-refractivity contribution < 1.29 is 32.0 Å². The molecule has 3 saturated heterocycles. The number of hydrogen-bond donors (Lipinski definition) is 1. The lowest BCUT2D eigenvalue weighted by Gasteiger charge is -2.24. The molecular weight excluding hydrogens is 240 g/mol. The molecule has 0 aromatic carbocycles. The van der Waals surface area contributed by atoms with Crippen molar-refractivity contribution in [1.29, 1.82) is 0 Å². The van der Waals surface area contributed by atoms with Gasteiger partial charge in [0.05, 0.1) is 13.2 Å². The zero-order chi connectivity index (χ0) is 11.7. The topological polar surface area (TPSA) is 99.1 Å². The Balaban J connectivity index is 2.16. The number of methoxy groups -OCH3 is 1. The van der Waals surface area contributed by atoms with Gasteiger partial charge in [-0.3, -0.25) is 8.98 Å². The van der Waals surface area contributed by atoms with E-state index in [1.165, 1.54) is 0 Å². The highest BCUT2D eigenvalue weighted by Gasteiger charge is 2.78. The van der Waals surface area contributed by atoms with E-state index >= 15 is 0 Å². The number of hydrogen-bond acceptors (Lipinski definition) is 7. The normalized spacial score (nSPS) is 51.9. The fraction of sp³-hybridized carbons (Fsp3) is 0.875. The summed E-state index contributed by atoms with van der Waals surface area (Å²) in [6.45, 7) is 0. The average Bonchev–Trinajstić information content (AvgIpc) is 2.79. The van der Waals surface area contributed by atoms with Crippen molar-refractivity contribution in [3.8, 4) is 0 Å². The van der Waals surface area contributed by atoms with Gasteiger partial charge in [0.15, 0.2) is 0 Å². The number of aliphatic hydroxyl groups is 1. The highest BCUT2D eigenvalue weighted by Crippen LogP contribution is 2.54. The maximum Gasteiger partial charge on any atom is 0.332 e. The molecular formula is C8H10O7S. The lowest BCUT2D eigenvalue weighted by Crippen LogP contribution is -2.53. The third-order valence-electron chi connectivity index (χ3n) is 3.52. The Morgan fingerprint density at radius 3 is 2.81 bits per heavy atom. The highest BCUT2D eigenvalue weighted by molar-refractivity contribution is 7.89. The first-order valence-corrected chi connectivity index (χ1v) is 6.19. The van der Waals surface area contributed by atoms with Crippen molar-refractivity contribution in [3.05, 3.63) is 0 Å². The standard InChI is InChI=1S/C8H10O7S/c1-13-7(10)8-2-3-4(9)5(6(8)14-3)15-16(8,11)12/h3-6,9H,2H2,1H3. The van der Waals surface area contributed by atoms with E-state index in [1.54, 1.807) is 0 Å². The zero-order valence-corrected chi connectivity index (χ0v) is 9.14. The van der Waals surface area contributed by atoms with Gasteiger partial charge in [-0.1, -0.05) is 0 Å². The SMILES string of the molecule is COC(=O)C12CC3OC1C(OS2(=O)=O)C3O. The second-order valence-corrected chi connectivity index (χ2v) is 6.02. The summed E-state index contributed by atoms with van der Waals surface area (Å²) < 4.78 is 36.4. The Bertz CT molecular complexity index is 457. The summed E-state index contributed by atoms with van der Waals surface area (Å²) in [6.07, 6.45) is -3.72. The minimum absolute atomic E-state index is 0.107. The molecule has 0 aromatic rings. The minimum atomic E-state index is -4.10. The van der Waals surface area contributed by atoms with Gasteiger partial charge in [0.25, 0.3) is 10.1 Å². The average molecular weight is 250 g/mol. The second kappa shape index (κ2) is 2.76. The molecule has 5 atom stereocenters. The molecule has 0 saturated carbocycles. The van der Waals surface area contributed by atoms with Crippen molar-refractivity contribution in [2.24, 2.45) is 0 Å². The van der Waals surface area contributed by atoms with Crippen LogP contribution in [0.4, 0.5) is 0 Å². The van der Waals surface area contributed by atoms with Crippen LogP contribution in [0.1, 0.15) is 6.42 Å². The van der Waals surface area contributed by atoms with Gasteiger partial charge in [0.1, 0.15) is 18.3 Å². The lowest BCUT2D eigenvalue weighted by atomic mass is 9.84. The molecule has 0 aliphatic carbocycles. The Kier molecular flexibility index (Phi) is 1.80. The molecule has 2 bridgehead atoms. The number of carbonyl (C=O) groups excluding carboxylic acids is 1. The number of aliphatic hydroxyl groups excluding tert-OH is 1. The van der Waals surface area contributed by atoms with Gasteiger partial charge in [-0.25, -0.2) is 0 Å². The van der Waals surface area contributed by atoms with E-state index in [-0.39, 0.29) is 6.42 Å². The fourth-order valence-corrected chi connectivity index (χ4v) is 4.56. The Morgan fingerprint density at radius 1 is 1.56 bits per heavy atom. The van der Waals surface area contributed by atoms with Gasteiger partial charge in [-0.2, -0.15) is 8.42 Å². The van der Waals surface area contributed by atoms with Crippen molar-refractivity contribution >= 4 is 16.1 Å². The van der Waals surface area contributed by atoms with Crippen LogP contribution in [0.3, 0.4) is 0 Å². The molecule has 3 fully saturated rings. The summed E-state index contributed by atoms with van der Waals surface area (Å²) in [5.74, 6) is -0.880. The Morgan fingerprint density at radius 2 is 2.25 bits per heavy atom. The summed E-state index contributed by atoms with van der Waals surface area (Å²) in [4.78, 5) is 11.7. The van der Waals surface area contributed by atoms with E-state index in [0.29, 0.717) is 0 Å². The number of fused-ring (bicyclic) bond motifs is 1. The van der Waals surface area contributed by atoms with Crippen LogP contribution in [0, 0.1) is 0 Å². The lowest BCUT2D eigenvalue weighted by molar-refractivity contribution is -0.145. The fourth-order valence-electron chi connectivity index (χ4n) is 2.75. The van der Waals surface area contributed by atoms with Gasteiger partial charge in [0, 0.05) is 6.42 Å². The van der Waals surface area contributed by atoms with Crippen molar-refractivity contribution in [1.82, 2.24) is 0 Å². The van der Waals surface area contributed by atoms with Crippen LogP contribution >= 0.6 is 0 Å². The van der Waals surface area contributed by atoms with Crippen LogP contribution in [-0.2, 0) is 28.6 Å². The molecule has 8 heteroatoms. The number of carbonyl (C=O) groups is 1. The molecule has 1 N–H and O–H groups in total. The van der Waals surface area contributed by atoms with Crippen LogP contribution in [0.5, 0.6) is 0 Å². The quantitative estimate of drug-likeness (QED) is 0.431. The molecule has 90 valence electrons.